The van der Waals surface area contributed by atoms with Gasteiger partial charge in [0.1, 0.15) is 11.6 Å². The van der Waals surface area contributed by atoms with E-state index in [9.17, 15) is 9.18 Å². The fraction of sp³-hybridized carbons (Fsp3) is 0.250. The summed E-state index contributed by atoms with van der Waals surface area (Å²) < 4.78 is 13.2. The third kappa shape index (κ3) is 1.58. The SMILES string of the molecule is NCc1nc2c(cc1F)SCC(=O)N2. The van der Waals surface area contributed by atoms with Gasteiger partial charge in [-0.2, -0.15) is 0 Å². The average Bonchev–Trinajstić information content (AvgIpc) is 2.17. The first-order valence-corrected chi connectivity index (χ1v) is 5.01. The number of anilines is 1. The second kappa shape index (κ2) is 3.55. The molecule has 14 heavy (non-hydrogen) atoms. The summed E-state index contributed by atoms with van der Waals surface area (Å²) in [6.45, 7) is 0.0274. The molecule has 0 saturated carbocycles. The van der Waals surface area contributed by atoms with Gasteiger partial charge in [0.25, 0.3) is 0 Å². The molecule has 4 nitrogen and oxygen atoms in total. The van der Waals surface area contributed by atoms with Gasteiger partial charge < -0.3 is 11.1 Å². The molecule has 1 aromatic heterocycles. The molecule has 3 N–H and O–H groups in total. The van der Waals surface area contributed by atoms with Gasteiger partial charge in [-0.15, -0.1) is 11.8 Å². The van der Waals surface area contributed by atoms with E-state index in [4.69, 9.17) is 5.73 Å². The van der Waals surface area contributed by atoms with Crippen molar-refractivity contribution in [1.82, 2.24) is 4.98 Å². The number of pyridine rings is 1. The third-order valence-electron chi connectivity index (χ3n) is 1.82. The van der Waals surface area contributed by atoms with E-state index in [0.29, 0.717) is 16.5 Å². The largest absolute Gasteiger partial charge is 0.325 e. The van der Waals surface area contributed by atoms with Gasteiger partial charge in [-0.1, -0.05) is 0 Å². The highest BCUT2D eigenvalue weighted by atomic mass is 32.2. The summed E-state index contributed by atoms with van der Waals surface area (Å²) >= 11 is 1.27. The number of thioether (sulfide) groups is 1. The molecule has 0 radical (unpaired) electrons. The van der Waals surface area contributed by atoms with Gasteiger partial charge in [-0.05, 0) is 6.07 Å². The molecule has 1 aromatic rings. The Labute approximate surface area is 84.1 Å². The summed E-state index contributed by atoms with van der Waals surface area (Å²) in [5.74, 6) is 0.170. The number of fused-ring (bicyclic) bond motifs is 1. The van der Waals surface area contributed by atoms with Crippen molar-refractivity contribution in [2.45, 2.75) is 11.4 Å². The molecule has 6 heteroatoms. The van der Waals surface area contributed by atoms with Crippen LogP contribution in [0, 0.1) is 5.82 Å². The van der Waals surface area contributed by atoms with Gasteiger partial charge in [0.15, 0.2) is 0 Å². The van der Waals surface area contributed by atoms with Gasteiger partial charge in [0, 0.05) is 6.54 Å². The van der Waals surface area contributed by atoms with Gasteiger partial charge in [-0.3, -0.25) is 4.79 Å². The maximum Gasteiger partial charge on any atom is 0.235 e. The highest BCUT2D eigenvalue weighted by Gasteiger charge is 2.18. The van der Waals surface area contributed by atoms with Crippen molar-refractivity contribution in [3.63, 3.8) is 0 Å². The van der Waals surface area contributed by atoms with Crippen LogP contribution in [0.1, 0.15) is 5.69 Å². The number of nitrogens with zero attached hydrogens (tertiary/aromatic N) is 1. The van der Waals surface area contributed by atoms with Crippen LogP contribution in [0.4, 0.5) is 10.2 Å². The van der Waals surface area contributed by atoms with Crippen LogP contribution in [0.5, 0.6) is 0 Å². The molecule has 0 spiro atoms. The Bertz CT molecular complexity index is 396. The summed E-state index contributed by atoms with van der Waals surface area (Å²) in [4.78, 5) is 15.6. The third-order valence-corrected chi connectivity index (χ3v) is 2.85. The maximum atomic E-state index is 13.2. The number of nitrogens with one attached hydrogen (secondary N) is 1. The van der Waals surface area contributed by atoms with Gasteiger partial charge in [0.05, 0.1) is 16.3 Å². The standard InChI is InChI=1S/C8H8FN3OS/c9-4-1-6-8(11-5(4)2-10)12-7(13)3-14-6/h1H,2-3,10H2,(H,11,12,13). The lowest BCUT2D eigenvalue weighted by molar-refractivity contribution is -0.113. The molecule has 1 aliphatic rings. The van der Waals surface area contributed by atoms with Gasteiger partial charge in [0.2, 0.25) is 5.91 Å². The smallest absolute Gasteiger partial charge is 0.235 e. The van der Waals surface area contributed by atoms with E-state index in [2.05, 4.69) is 10.3 Å². The van der Waals surface area contributed by atoms with E-state index < -0.39 is 5.82 Å². The van der Waals surface area contributed by atoms with Crippen molar-refractivity contribution < 1.29 is 9.18 Å². The minimum Gasteiger partial charge on any atom is -0.325 e. The van der Waals surface area contributed by atoms with E-state index in [0.717, 1.165) is 0 Å². The van der Waals surface area contributed by atoms with Crippen LogP contribution in [-0.4, -0.2) is 16.6 Å². The molecule has 1 amide bonds. The van der Waals surface area contributed by atoms with Crippen LogP contribution in [0.15, 0.2) is 11.0 Å². The molecule has 0 unspecified atom stereocenters. The molecular formula is C8H8FN3OS. The van der Waals surface area contributed by atoms with Crippen molar-refractivity contribution in [2.24, 2.45) is 5.73 Å². The number of hydrogen-bond donors (Lipinski definition) is 2. The molecule has 0 fully saturated rings. The van der Waals surface area contributed by atoms with E-state index in [1.165, 1.54) is 17.8 Å². The highest BCUT2D eigenvalue weighted by molar-refractivity contribution is 8.00. The normalized spacial score (nSPS) is 14.9. The number of carbonyl (C=O) groups excluding carboxylic acids is 1. The van der Waals surface area contributed by atoms with Crippen molar-refractivity contribution in [3.8, 4) is 0 Å². The topological polar surface area (TPSA) is 68.0 Å². The van der Waals surface area contributed by atoms with Crippen molar-refractivity contribution >= 4 is 23.5 Å². The molecule has 0 aromatic carbocycles. The summed E-state index contributed by atoms with van der Waals surface area (Å²) in [5, 5.41) is 2.57. The van der Waals surface area contributed by atoms with Crippen LogP contribution in [-0.2, 0) is 11.3 Å². The Balaban J connectivity index is 2.46. The summed E-state index contributed by atoms with van der Waals surface area (Å²) in [6.07, 6.45) is 0. The number of rotatable bonds is 1. The summed E-state index contributed by atoms with van der Waals surface area (Å²) in [6, 6.07) is 1.36. The van der Waals surface area contributed by atoms with Crippen LogP contribution >= 0.6 is 11.8 Å². The molecule has 74 valence electrons. The fourth-order valence-electron chi connectivity index (χ4n) is 1.16. The van der Waals surface area contributed by atoms with Crippen LogP contribution in [0.3, 0.4) is 0 Å². The Kier molecular flexibility index (Phi) is 2.39. The summed E-state index contributed by atoms with van der Waals surface area (Å²) in [7, 11) is 0. The Morgan fingerprint density at radius 3 is 3.21 bits per heavy atom. The van der Waals surface area contributed by atoms with E-state index in [1.807, 2.05) is 0 Å². The van der Waals surface area contributed by atoms with E-state index in [-0.39, 0.29) is 18.1 Å². The summed E-state index contributed by atoms with van der Waals surface area (Å²) in [5.41, 5.74) is 5.47. The zero-order valence-corrected chi connectivity index (χ0v) is 8.03. The molecule has 0 aliphatic carbocycles. The van der Waals surface area contributed by atoms with Crippen molar-refractivity contribution in [3.05, 3.63) is 17.6 Å². The van der Waals surface area contributed by atoms with Crippen LogP contribution < -0.4 is 11.1 Å². The first-order chi connectivity index (χ1) is 6.70. The predicted octanol–water partition coefficient (Wildman–Crippen LogP) is 0.724. The molecule has 2 heterocycles. The van der Waals surface area contributed by atoms with Gasteiger partial charge >= 0.3 is 0 Å². The number of nitrogens with two attached hydrogens (primary N) is 1. The van der Waals surface area contributed by atoms with Crippen molar-refractivity contribution in [2.75, 3.05) is 11.1 Å². The predicted molar refractivity (Wildman–Crippen MR) is 51.4 cm³/mol. The lowest BCUT2D eigenvalue weighted by atomic mass is 10.3. The number of halogens is 1. The highest BCUT2D eigenvalue weighted by Crippen LogP contribution is 2.30. The first-order valence-electron chi connectivity index (χ1n) is 4.03. The molecule has 0 saturated heterocycles. The first kappa shape index (κ1) is 9.42. The van der Waals surface area contributed by atoms with Gasteiger partial charge in [-0.25, -0.2) is 9.37 Å². The Morgan fingerprint density at radius 1 is 1.71 bits per heavy atom. The zero-order valence-electron chi connectivity index (χ0n) is 7.21. The molecule has 0 atom stereocenters. The minimum absolute atomic E-state index is 0.0274. The van der Waals surface area contributed by atoms with E-state index in [1.54, 1.807) is 0 Å². The zero-order chi connectivity index (χ0) is 10.1. The Hall–Kier alpha value is -1.14. The lowest BCUT2D eigenvalue weighted by Crippen LogP contribution is -2.21. The minimum atomic E-state index is -0.421. The van der Waals surface area contributed by atoms with Crippen LogP contribution in [0.25, 0.3) is 0 Å². The molecule has 2 rings (SSSR count). The lowest BCUT2D eigenvalue weighted by Gasteiger charge is -2.15. The quantitative estimate of drug-likeness (QED) is 0.721. The average molecular weight is 213 g/mol. The second-order valence-electron chi connectivity index (χ2n) is 2.80. The number of hydrogen-bond acceptors (Lipinski definition) is 4. The monoisotopic (exact) mass is 213 g/mol. The molecule has 0 bridgehead atoms. The van der Waals surface area contributed by atoms with Crippen LogP contribution in [0.2, 0.25) is 0 Å². The number of aromatic nitrogens is 1. The van der Waals surface area contributed by atoms with E-state index >= 15 is 0 Å². The maximum absolute atomic E-state index is 13.2. The molecular weight excluding hydrogens is 205 g/mol. The fourth-order valence-corrected chi connectivity index (χ4v) is 1.94. The molecule has 1 aliphatic heterocycles. The Morgan fingerprint density at radius 2 is 2.50 bits per heavy atom. The number of amides is 1. The van der Waals surface area contributed by atoms with Crippen molar-refractivity contribution in [1.29, 1.82) is 0 Å². The number of carbonyl (C=O) groups is 1. The second-order valence-corrected chi connectivity index (χ2v) is 3.82.